The number of amides is 1. The number of aromatic amines is 1. The van der Waals surface area contributed by atoms with E-state index in [1.165, 1.54) is 16.9 Å². The summed E-state index contributed by atoms with van der Waals surface area (Å²) in [7, 11) is 0. The lowest BCUT2D eigenvalue weighted by Gasteiger charge is -2.34. The van der Waals surface area contributed by atoms with Crippen molar-refractivity contribution in [2.24, 2.45) is 0 Å². The first kappa shape index (κ1) is 27.2. The Labute approximate surface area is 248 Å². The number of ketones is 1. The van der Waals surface area contributed by atoms with Gasteiger partial charge in [0.1, 0.15) is 0 Å². The summed E-state index contributed by atoms with van der Waals surface area (Å²) in [6.07, 6.45) is 7.45. The molecular weight excluding hydrogens is 550 g/mol. The Morgan fingerprint density at radius 2 is 1.86 bits per heavy atom. The summed E-state index contributed by atoms with van der Waals surface area (Å²) in [6.45, 7) is 6.79. The van der Waals surface area contributed by atoms with Gasteiger partial charge in [-0.25, -0.2) is 9.97 Å². The number of ether oxygens (including phenoxy) is 1. The van der Waals surface area contributed by atoms with Crippen LogP contribution in [0.5, 0.6) is 0 Å². The standard InChI is InChI=1S/C31H35N7O3S/c39-22(17-21-3-1-4-21)7-8-28(40)37-11-9-36(10-12-37)20-23-18-27-29(42-23)31(38-13-15-41-16-14-38)34-30(33-27)24-5-2-6-26-25(24)19-32-35-26/h2,5-6,17-19H,1,3-4,7-16,20H2,(H,32,35). The highest BCUT2D eigenvalue weighted by molar-refractivity contribution is 7.19. The van der Waals surface area contributed by atoms with Crippen molar-refractivity contribution in [3.8, 4) is 11.4 Å². The number of carbonyl (C=O) groups is 2. The number of carbonyl (C=O) groups excluding carboxylic acids is 2. The fraction of sp³-hybridized carbons (Fsp3) is 0.452. The van der Waals surface area contributed by atoms with E-state index in [-0.39, 0.29) is 11.7 Å². The summed E-state index contributed by atoms with van der Waals surface area (Å²) in [5, 5.41) is 8.28. The first-order chi connectivity index (χ1) is 20.6. The third-order valence-electron chi connectivity index (χ3n) is 8.49. The lowest BCUT2D eigenvalue weighted by Crippen LogP contribution is -2.48. The molecule has 2 aliphatic heterocycles. The number of piperazine rings is 1. The second-order valence-corrected chi connectivity index (χ2v) is 12.5. The highest BCUT2D eigenvalue weighted by atomic mass is 32.1. The normalized spacial score (nSPS) is 18.0. The fourth-order valence-corrected chi connectivity index (χ4v) is 7.06. The van der Waals surface area contributed by atoms with Gasteiger partial charge in [0.2, 0.25) is 5.91 Å². The summed E-state index contributed by atoms with van der Waals surface area (Å²) in [6, 6.07) is 8.27. The number of morpholine rings is 1. The van der Waals surface area contributed by atoms with Gasteiger partial charge in [0.15, 0.2) is 17.4 Å². The van der Waals surface area contributed by atoms with Gasteiger partial charge in [0, 0.05) is 74.5 Å². The lowest BCUT2D eigenvalue weighted by atomic mass is 9.91. The molecular formula is C31H35N7O3S. The van der Waals surface area contributed by atoms with E-state index in [0.29, 0.717) is 45.0 Å². The molecule has 42 heavy (non-hydrogen) atoms. The molecule has 0 atom stereocenters. The lowest BCUT2D eigenvalue weighted by molar-refractivity contribution is -0.134. The van der Waals surface area contributed by atoms with Crippen molar-refractivity contribution in [2.45, 2.75) is 38.6 Å². The number of hydrogen-bond acceptors (Lipinski definition) is 9. The molecule has 1 amide bonds. The van der Waals surface area contributed by atoms with Crippen LogP contribution in [0.4, 0.5) is 5.82 Å². The van der Waals surface area contributed by atoms with E-state index in [2.05, 4.69) is 32.1 Å². The number of anilines is 1. The van der Waals surface area contributed by atoms with Crippen LogP contribution >= 0.6 is 11.3 Å². The smallest absolute Gasteiger partial charge is 0.223 e. The van der Waals surface area contributed by atoms with Gasteiger partial charge in [-0.3, -0.25) is 19.6 Å². The Morgan fingerprint density at radius 3 is 2.64 bits per heavy atom. The monoisotopic (exact) mass is 585 g/mol. The first-order valence-electron chi connectivity index (χ1n) is 14.9. The van der Waals surface area contributed by atoms with Gasteiger partial charge in [-0.15, -0.1) is 11.3 Å². The van der Waals surface area contributed by atoms with E-state index in [1.807, 2.05) is 23.2 Å². The number of allylic oxidation sites excluding steroid dienone is 2. The molecule has 3 fully saturated rings. The predicted molar refractivity (Wildman–Crippen MR) is 164 cm³/mol. The minimum atomic E-state index is 0.0856. The number of H-pyrrole nitrogens is 1. The third kappa shape index (κ3) is 5.68. The molecule has 1 N–H and O–H groups in total. The van der Waals surface area contributed by atoms with Crippen LogP contribution in [0.3, 0.4) is 0 Å². The number of rotatable bonds is 8. The van der Waals surface area contributed by atoms with Crippen LogP contribution in [0.25, 0.3) is 32.5 Å². The van der Waals surface area contributed by atoms with Gasteiger partial charge in [0.05, 0.1) is 35.1 Å². The number of hydrogen-bond donors (Lipinski definition) is 1. The maximum atomic E-state index is 12.8. The molecule has 0 radical (unpaired) electrons. The number of nitrogens with one attached hydrogen (secondary N) is 1. The zero-order chi connectivity index (χ0) is 28.5. The molecule has 4 aromatic rings. The molecule has 7 rings (SSSR count). The Bertz CT molecular complexity index is 1640. The van der Waals surface area contributed by atoms with Crippen LogP contribution in [0, 0.1) is 0 Å². The topological polar surface area (TPSA) is 108 Å². The van der Waals surface area contributed by atoms with Crippen molar-refractivity contribution < 1.29 is 14.3 Å². The molecule has 0 spiro atoms. The predicted octanol–water partition coefficient (Wildman–Crippen LogP) is 4.18. The molecule has 1 aliphatic carbocycles. The average Bonchev–Trinajstić information content (AvgIpc) is 3.65. The molecule has 218 valence electrons. The highest BCUT2D eigenvalue weighted by Crippen LogP contribution is 2.36. The Kier molecular flexibility index (Phi) is 7.70. The van der Waals surface area contributed by atoms with Crippen molar-refractivity contribution in [3.63, 3.8) is 0 Å². The van der Waals surface area contributed by atoms with Crippen molar-refractivity contribution in [2.75, 3.05) is 57.4 Å². The molecule has 1 saturated carbocycles. The SMILES string of the molecule is O=C(C=C1CCC1)CCC(=O)N1CCN(Cc2cc3nc(-c4cccc5[nH]ncc45)nc(N4CCOCC4)c3s2)CC1. The van der Waals surface area contributed by atoms with E-state index < -0.39 is 0 Å². The minimum Gasteiger partial charge on any atom is -0.378 e. The second kappa shape index (κ2) is 11.9. The van der Waals surface area contributed by atoms with Crippen LogP contribution in [-0.2, 0) is 20.9 Å². The summed E-state index contributed by atoms with van der Waals surface area (Å²) in [4.78, 5) is 42.9. The molecule has 2 saturated heterocycles. The molecule has 3 aromatic heterocycles. The van der Waals surface area contributed by atoms with Crippen molar-refractivity contribution in [1.29, 1.82) is 0 Å². The molecule has 5 heterocycles. The number of fused-ring (bicyclic) bond motifs is 2. The zero-order valence-corrected chi connectivity index (χ0v) is 24.5. The van der Waals surface area contributed by atoms with E-state index in [9.17, 15) is 9.59 Å². The Balaban J connectivity index is 1.05. The quantitative estimate of drug-likeness (QED) is 0.307. The van der Waals surface area contributed by atoms with Gasteiger partial charge in [-0.1, -0.05) is 17.7 Å². The summed E-state index contributed by atoms with van der Waals surface area (Å²) >= 11 is 1.76. The average molecular weight is 586 g/mol. The number of nitrogens with zero attached hydrogens (tertiary/aromatic N) is 6. The maximum absolute atomic E-state index is 12.8. The first-order valence-corrected chi connectivity index (χ1v) is 15.7. The second-order valence-electron chi connectivity index (χ2n) is 11.3. The molecule has 11 heteroatoms. The molecule has 10 nitrogen and oxygen atoms in total. The molecule has 0 bridgehead atoms. The minimum absolute atomic E-state index is 0.0856. The van der Waals surface area contributed by atoms with E-state index in [0.717, 1.165) is 78.1 Å². The van der Waals surface area contributed by atoms with Gasteiger partial charge < -0.3 is 14.5 Å². The van der Waals surface area contributed by atoms with E-state index in [1.54, 1.807) is 17.4 Å². The summed E-state index contributed by atoms with van der Waals surface area (Å²) < 4.78 is 6.73. The molecule has 1 aromatic carbocycles. The number of aromatic nitrogens is 4. The Hall–Kier alpha value is -3.67. The van der Waals surface area contributed by atoms with Crippen molar-refractivity contribution in [3.05, 3.63) is 47.0 Å². The van der Waals surface area contributed by atoms with Crippen LogP contribution in [0.1, 0.15) is 37.0 Å². The fourth-order valence-electron chi connectivity index (χ4n) is 5.90. The van der Waals surface area contributed by atoms with Gasteiger partial charge in [-0.05, 0) is 37.5 Å². The van der Waals surface area contributed by atoms with Crippen LogP contribution < -0.4 is 4.90 Å². The summed E-state index contributed by atoms with van der Waals surface area (Å²) in [5.41, 5.74) is 4.12. The van der Waals surface area contributed by atoms with Gasteiger partial charge >= 0.3 is 0 Å². The summed E-state index contributed by atoms with van der Waals surface area (Å²) in [5.74, 6) is 1.84. The van der Waals surface area contributed by atoms with Crippen LogP contribution in [0.2, 0.25) is 0 Å². The largest absolute Gasteiger partial charge is 0.378 e. The third-order valence-corrected chi connectivity index (χ3v) is 9.60. The maximum Gasteiger partial charge on any atom is 0.223 e. The zero-order valence-electron chi connectivity index (χ0n) is 23.7. The van der Waals surface area contributed by atoms with E-state index in [4.69, 9.17) is 14.7 Å². The van der Waals surface area contributed by atoms with Crippen LogP contribution in [0.15, 0.2) is 42.1 Å². The van der Waals surface area contributed by atoms with Gasteiger partial charge in [-0.2, -0.15) is 5.10 Å². The molecule has 0 unspecified atom stereocenters. The van der Waals surface area contributed by atoms with E-state index >= 15 is 0 Å². The molecule has 3 aliphatic rings. The van der Waals surface area contributed by atoms with Gasteiger partial charge in [0.25, 0.3) is 0 Å². The number of thiophene rings is 1. The van der Waals surface area contributed by atoms with Crippen LogP contribution in [-0.4, -0.2) is 94.1 Å². The van der Waals surface area contributed by atoms with Crippen molar-refractivity contribution in [1.82, 2.24) is 30.0 Å². The highest BCUT2D eigenvalue weighted by Gasteiger charge is 2.24. The number of benzene rings is 1. The van der Waals surface area contributed by atoms with Crippen molar-refractivity contribution >= 4 is 50.0 Å². The Morgan fingerprint density at radius 1 is 1.02 bits per heavy atom.